The van der Waals surface area contributed by atoms with E-state index in [2.05, 4.69) is 5.10 Å². The molecule has 0 saturated carbocycles. The molecule has 0 bridgehead atoms. The molecule has 0 aliphatic carbocycles. The lowest BCUT2D eigenvalue weighted by Gasteiger charge is -2.35. The topological polar surface area (TPSA) is 75.5 Å². The summed E-state index contributed by atoms with van der Waals surface area (Å²) in [6.07, 6.45) is 3.64. The van der Waals surface area contributed by atoms with E-state index < -0.39 is 10.0 Å². The fraction of sp³-hybridized carbons (Fsp3) is 0.385. The van der Waals surface area contributed by atoms with Crippen molar-refractivity contribution in [2.75, 3.05) is 26.2 Å². The molecular formula is C26H32N4O3S. The lowest BCUT2D eigenvalue weighted by atomic mass is 9.95. The Kier molecular flexibility index (Phi) is 6.64. The van der Waals surface area contributed by atoms with Crippen LogP contribution < -0.4 is 0 Å². The molecule has 0 unspecified atom stereocenters. The normalized spacial score (nSPS) is 15.0. The van der Waals surface area contributed by atoms with Crippen LogP contribution in [0, 0.1) is 34.6 Å². The molecule has 2 heterocycles. The zero-order valence-electron chi connectivity index (χ0n) is 20.5. The van der Waals surface area contributed by atoms with Gasteiger partial charge >= 0.3 is 0 Å². The van der Waals surface area contributed by atoms with Gasteiger partial charge in [0, 0.05) is 44.1 Å². The molecule has 7 nitrogen and oxygen atoms in total. The molecule has 4 rings (SSSR count). The zero-order valence-corrected chi connectivity index (χ0v) is 21.3. The summed E-state index contributed by atoms with van der Waals surface area (Å²) in [5.41, 5.74) is 6.48. The van der Waals surface area contributed by atoms with Gasteiger partial charge in [-0.1, -0.05) is 12.1 Å². The van der Waals surface area contributed by atoms with E-state index in [1.165, 1.54) is 4.31 Å². The molecule has 1 aliphatic heterocycles. The summed E-state index contributed by atoms with van der Waals surface area (Å²) >= 11 is 0. The lowest BCUT2D eigenvalue weighted by molar-refractivity contribution is 0.0698. The minimum atomic E-state index is -3.64. The molecule has 3 aromatic rings. The SMILES string of the molecule is Cc1c(C)c(C)c(S(=O)(=O)N2CCN(C(=O)c3ccc(Cn4cccn4)cc3)CC2)c(C)c1C. The summed E-state index contributed by atoms with van der Waals surface area (Å²) in [5, 5.41) is 4.20. The first-order valence-corrected chi connectivity index (χ1v) is 13.0. The monoisotopic (exact) mass is 480 g/mol. The fourth-order valence-electron chi connectivity index (χ4n) is 4.63. The highest BCUT2D eigenvalue weighted by Crippen LogP contribution is 2.32. The lowest BCUT2D eigenvalue weighted by Crippen LogP contribution is -2.50. The van der Waals surface area contributed by atoms with Crippen LogP contribution in [0.5, 0.6) is 0 Å². The average molecular weight is 481 g/mol. The van der Waals surface area contributed by atoms with Crippen LogP contribution in [0.4, 0.5) is 0 Å². The summed E-state index contributed by atoms with van der Waals surface area (Å²) in [6.45, 7) is 11.7. The van der Waals surface area contributed by atoms with Crippen molar-refractivity contribution in [1.82, 2.24) is 19.0 Å². The maximum absolute atomic E-state index is 13.6. The molecule has 1 amide bonds. The molecule has 1 aromatic heterocycles. The van der Waals surface area contributed by atoms with Gasteiger partial charge in [-0.05, 0) is 86.2 Å². The number of hydrogen-bond acceptors (Lipinski definition) is 4. The van der Waals surface area contributed by atoms with Gasteiger partial charge in [0.2, 0.25) is 10.0 Å². The highest BCUT2D eigenvalue weighted by atomic mass is 32.2. The average Bonchev–Trinajstić information content (AvgIpc) is 3.34. The second-order valence-electron chi connectivity index (χ2n) is 9.05. The first-order valence-electron chi connectivity index (χ1n) is 11.5. The highest BCUT2D eigenvalue weighted by Gasteiger charge is 2.33. The Balaban J connectivity index is 1.45. The second-order valence-corrected chi connectivity index (χ2v) is 10.9. The van der Waals surface area contributed by atoms with Gasteiger partial charge < -0.3 is 4.90 Å². The molecule has 0 atom stereocenters. The molecule has 34 heavy (non-hydrogen) atoms. The van der Waals surface area contributed by atoms with Crippen LogP contribution in [0.3, 0.4) is 0 Å². The van der Waals surface area contributed by atoms with Crippen molar-refractivity contribution in [3.05, 3.63) is 81.7 Å². The third-order valence-corrected chi connectivity index (χ3v) is 9.33. The highest BCUT2D eigenvalue weighted by molar-refractivity contribution is 7.89. The summed E-state index contributed by atoms with van der Waals surface area (Å²) < 4.78 is 30.5. The molecule has 2 aromatic carbocycles. The van der Waals surface area contributed by atoms with E-state index in [1.54, 1.807) is 11.1 Å². The largest absolute Gasteiger partial charge is 0.336 e. The molecule has 0 N–H and O–H groups in total. The number of nitrogens with zero attached hydrogens (tertiary/aromatic N) is 4. The molecule has 1 saturated heterocycles. The van der Waals surface area contributed by atoms with Crippen molar-refractivity contribution in [3.63, 3.8) is 0 Å². The Hall–Kier alpha value is -2.97. The Morgan fingerprint density at radius 3 is 1.94 bits per heavy atom. The van der Waals surface area contributed by atoms with Crippen molar-refractivity contribution in [2.45, 2.75) is 46.1 Å². The van der Waals surface area contributed by atoms with Gasteiger partial charge in [-0.25, -0.2) is 8.42 Å². The Morgan fingerprint density at radius 2 is 1.41 bits per heavy atom. The van der Waals surface area contributed by atoms with Gasteiger partial charge in [-0.3, -0.25) is 9.48 Å². The third-order valence-electron chi connectivity index (χ3n) is 7.16. The number of aromatic nitrogens is 2. The predicted molar refractivity (Wildman–Crippen MR) is 133 cm³/mol. The van der Waals surface area contributed by atoms with Gasteiger partial charge in [-0.15, -0.1) is 0 Å². The number of carbonyl (C=O) groups excluding carboxylic acids is 1. The molecule has 0 radical (unpaired) electrons. The summed E-state index contributed by atoms with van der Waals surface area (Å²) in [7, 11) is -3.64. The predicted octanol–water partition coefficient (Wildman–Crippen LogP) is 3.62. The van der Waals surface area contributed by atoms with Crippen LogP contribution in [-0.4, -0.2) is 59.5 Å². The van der Waals surface area contributed by atoms with E-state index >= 15 is 0 Å². The molecule has 1 aliphatic rings. The van der Waals surface area contributed by atoms with Gasteiger partial charge in [0.05, 0.1) is 11.4 Å². The van der Waals surface area contributed by atoms with E-state index in [-0.39, 0.29) is 19.0 Å². The van der Waals surface area contributed by atoms with Gasteiger partial charge in [-0.2, -0.15) is 9.40 Å². The van der Waals surface area contributed by atoms with E-state index in [9.17, 15) is 13.2 Å². The molecule has 1 fully saturated rings. The van der Waals surface area contributed by atoms with Crippen molar-refractivity contribution < 1.29 is 13.2 Å². The Bertz CT molecular complexity index is 1280. The first-order chi connectivity index (χ1) is 16.1. The van der Waals surface area contributed by atoms with Crippen LogP contribution in [-0.2, 0) is 16.6 Å². The molecule has 0 spiro atoms. The maximum atomic E-state index is 13.6. The second kappa shape index (κ2) is 9.35. The van der Waals surface area contributed by atoms with E-state index in [0.29, 0.717) is 30.1 Å². The van der Waals surface area contributed by atoms with Crippen LogP contribution in [0.15, 0.2) is 47.6 Å². The Labute approximate surface area is 202 Å². The van der Waals surface area contributed by atoms with E-state index in [1.807, 2.05) is 75.8 Å². The van der Waals surface area contributed by atoms with Crippen molar-refractivity contribution in [3.8, 4) is 0 Å². The smallest absolute Gasteiger partial charge is 0.253 e. The van der Waals surface area contributed by atoms with Crippen molar-refractivity contribution in [1.29, 1.82) is 0 Å². The van der Waals surface area contributed by atoms with Gasteiger partial charge in [0.1, 0.15) is 0 Å². The van der Waals surface area contributed by atoms with Crippen LogP contribution in [0.1, 0.15) is 43.7 Å². The van der Waals surface area contributed by atoms with Crippen LogP contribution >= 0.6 is 0 Å². The van der Waals surface area contributed by atoms with Crippen molar-refractivity contribution >= 4 is 15.9 Å². The quantitative estimate of drug-likeness (QED) is 0.559. The fourth-order valence-corrected chi connectivity index (χ4v) is 6.61. The van der Waals surface area contributed by atoms with E-state index in [0.717, 1.165) is 33.4 Å². The van der Waals surface area contributed by atoms with Gasteiger partial charge in [0.15, 0.2) is 0 Å². The number of carbonyl (C=O) groups is 1. The number of rotatable bonds is 5. The van der Waals surface area contributed by atoms with Crippen molar-refractivity contribution in [2.24, 2.45) is 0 Å². The van der Waals surface area contributed by atoms with E-state index in [4.69, 9.17) is 0 Å². The zero-order chi connectivity index (χ0) is 24.6. The summed E-state index contributed by atoms with van der Waals surface area (Å²) in [5.74, 6) is -0.0722. The minimum absolute atomic E-state index is 0.0722. The Morgan fingerprint density at radius 1 is 0.853 bits per heavy atom. The van der Waals surface area contributed by atoms with Gasteiger partial charge in [0.25, 0.3) is 5.91 Å². The molecule has 180 valence electrons. The number of amides is 1. The van der Waals surface area contributed by atoms with Crippen LogP contribution in [0.2, 0.25) is 0 Å². The summed E-state index contributed by atoms with van der Waals surface area (Å²) in [6, 6.07) is 9.40. The number of piperazine rings is 1. The number of sulfonamides is 1. The first kappa shape index (κ1) is 24.2. The number of benzene rings is 2. The standard InChI is InChI=1S/C26H32N4O3S/c1-18-19(2)21(4)25(22(5)20(18)3)34(32,33)30-15-13-28(14-16-30)26(31)24-9-7-23(8-10-24)17-29-12-6-11-27-29/h6-12H,13-17H2,1-5H3. The molecular weight excluding hydrogens is 448 g/mol. The van der Waals surface area contributed by atoms with Crippen LogP contribution in [0.25, 0.3) is 0 Å². The maximum Gasteiger partial charge on any atom is 0.253 e. The minimum Gasteiger partial charge on any atom is -0.336 e. The summed E-state index contributed by atoms with van der Waals surface area (Å²) in [4.78, 5) is 15.2. The third kappa shape index (κ3) is 4.40. The molecule has 8 heteroatoms. The number of hydrogen-bond donors (Lipinski definition) is 0.